The van der Waals surface area contributed by atoms with Gasteiger partial charge in [0.1, 0.15) is 0 Å². The van der Waals surface area contributed by atoms with E-state index < -0.39 is 0 Å². The molecule has 0 unspecified atom stereocenters. The number of amides is 2. The van der Waals surface area contributed by atoms with Gasteiger partial charge in [-0.05, 0) is 25.0 Å². The summed E-state index contributed by atoms with van der Waals surface area (Å²) in [6, 6.07) is 6.87. The van der Waals surface area contributed by atoms with E-state index in [2.05, 4.69) is 0 Å². The minimum atomic E-state index is -0.220. The number of nitrogens with zero attached hydrogens (tertiary/aromatic N) is 1. The van der Waals surface area contributed by atoms with Crippen molar-refractivity contribution < 1.29 is 14.3 Å². The summed E-state index contributed by atoms with van der Waals surface area (Å²) in [5.74, 6) is -0.216. The predicted octanol–water partition coefficient (Wildman–Crippen LogP) is 2.08. The first-order valence-corrected chi connectivity index (χ1v) is 6.21. The van der Waals surface area contributed by atoms with Crippen LogP contribution in [-0.2, 0) is 4.74 Å². The molecule has 1 aromatic rings. The fourth-order valence-corrected chi connectivity index (χ4v) is 2.10. The highest BCUT2D eigenvalue weighted by molar-refractivity contribution is 6.21. The van der Waals surface area contributed by atoms with Gasteiger partial charge in [-0.2, -0.15) is 0 Å². The molecule has 19 heavy (non-hydrogen) atoms. The molecule has 0 atom stereocenters. The Hall–Kier alpha value is -2.17. The summed E-state index contributed by atoms with van der Waals surface area (Å²) in [4.78, 5) is 25.3. The second-order valence-electron chi connectivity index (χ2n) is 4.39. The summed E-state index contributed by atoms with van der Waals surface area (Å²) in [6.07, 6.45) is 1.93. The molecule has 0 aromatic heterocycles. The van der Waals surface area contributed by atoms with E-state index in [-0.39, 0.29) is 17.7 Å². The molecule has 1 N–H and O–H groups in total. The number of carbonyl (C=O) groups is 2. The summed E-state index contributed by atoms with van der Waals surface area (Å²) in [5.41, 5.74) is 0.967. The van der Waals surface area contributed by atoms with Gasteiger partial charge in [0.2, 0.25) is 0 Å². The van der Waals surface area contributed by atoms with Crippen molar-refractivity contribution in [1.29, 1.82) is 5.41 Å². The molecule has 1 aliphatic heterocycles. The molecule has 1 aliphatic rings. The van der Waals surface area contributed by atoms with Gasteiger partial charge < -0.3 is 4.74 Å². The molecule has 0 fully saturated rings. The minimum Gasteiger partial charge on any atom is -0.484 e. The molecule has 1 aromatic carbocycles. The lowest BCUT2D eigenvalue weighted by Gasteiger charge is -2.13. The number of methoxy groups -OCH3 is 1. The first-order valence-electron chi connectivity index (χ1n) is 6.21. The van der Waals surface area contributed by atoms with Gasteiger partial charge in [0.25, 0.3) is 11.8 Å². The Morgan fingerprint density at radius 2 is 1.74 bits per heavy atom. The van der Waals surface area contributed by atoms with E-state index in [0.29, 0.717) is 30.5 Å². The second-order valence-corrected chi connectivity index (χ2v) is 4.39. The first-order chi connectivity index (χ1) is 9.15. The molecule has 5 nitrogen and oxygen atoms in total. The molecule has 1 heterocycles. The number of unbranched alkanes of at least 4 members (excludes halogenated alkanes) is 1. The van der Waals surface area contributed by atoms with E-state index in [9.17, 15) is 9.59 Å². The van der Waals surface area contributed by atoms with Gasteiger partial charge in [0.15, 0.2) is 5.90 Å². The Kier molecular flexibility index (Phi) is 3.94. The van der Waals surface area contributed by atoms with Gasteiger partial charge in [-0.1, -0.05) is 12.1 Å². The molecular formula is C14H16N2O3. The van der Waals surface area contributed by atoms with Crippen LogP contribution >= 0.6 is 0 Å². The summed E-state index contributed by atoms with van der Waals surface area (Å²) in [5, 5.41) is 7.34. The van der Waals surface area contributed by atoms with Crippen molar-refractivity contribution in [2.45, 2.75) is 19.3 Å². The molecular weight excluding hydrogens is 244 g/mol. The van der Waals surface area contributed by atoms with Gasteiger partial charge in [-0.25, -0.2) is 0 Å². The second kappa shape index (κ2) is 5.65. The molecule has 0 saturated carbocycles. The maximum absolute atomic E-state index is 12.0. The Morgan fingerprint density at radius 1 is 1.16 bits per heavy atom. The number of nitrogens with one attached hydrogen (secondary N) is 1. The van der Waals surface area contributed by atoms with E-state index in [1.807, 2.05) is 0 Å². The molecule has 0 spiro atoms. The number of rotatable bonds is 5. The third kappa shape index (κ3) is 2.65. The third-order valence-electron chi connectivity index (χ3n) is 3.16. The van der Waals surface area contributed by atoms with Crippen LogP contribution in [-0.4, -0.2) is 36.3 Å². The van der Waals surface area contributed by atoms with Crippen LogP contribution in [0.25, 0.3) is 0 Å². The number of imide groups is 1. The highest BCUT2D eigenvalue weighted by atomic mass is 16.5. The van der Waals surface area contributed by atoms with Gasteiger partial charge in [0, 0.05) is 13.0 Å². The molecule has 0 saturated heterocycles. The van der Waals surface area contributed by atoms with Crippen molar-refractivity contribution >= 4 is 17.7 Å². The number of hydrogen-bond donors (Lipinski definition) is 1. The highest BCUT2D eigenvalue weighted by Gasteiger charge is 2.34. The fraction of sp³-hybridized carbons (Fsp3) is 0.357. The van der Waals surface area contributed by atoms with E-state index >= 15 is 0 Å². The molecule has 2 rings (SSSR count). The summed E-state index contributed by atoms with van der Waals surface area (Å²) in [7, 11) is 1.46. The van der Waals surface area contributed by atoms with Crippen molar-refractivity contribution in [3.05, 3.63) is 35.4 Å². The van der Waals surface area contributed by atoms with Crippen molar-refractivity contribution in [3.63, 3.8) is 0 Å². The fourth-order valence-electron chi connectivity index (χ4n) is 2.10. The lowest BCUT2D eigenvalue weighted by atomic mass is 10.1. The van der Waals surface area contributed by atoms with Crippen LogP contribution in [0.3, 0.4) is 0 Å². The van der Waals surface area contributed by atoms with Gasteiger partial charge >= 0.3 is 0 Å². The van der Waals surface area contributed by atoms with Crippen LogP contribution in [0.2, 0.25) is 0 Å². The normalized spacial score (nSPS) is 13.6. The lowest BCUT2D eigenvalue weighted by molar-refractivity contribution is 0.0652. The smallest absolute Gasteiger partial charge is 0.261 e. The lowest BCUT2D eigenvalue weighted by Crippen LogP contribution is -2.30. The zero-order valence-corrected chi connectivity index (χ0v) is 10.8. The molecule has 100 valence electrons. The summed E-state index contributed by atoms with van der Waals surface area (Å²) >= 11 is 0. The van der Waals surface area contributed by atoms with E-state index in [4.69, 9.17) is 10.1 Å². The standard InChI is InChI=1S/C14H16N2O3/c1-19-12(15)8-4-5-9-16-13(17)10-6-2-3-7-11(10)14(16)18/h2-3,6-7,15H,4-5,8-9H2,1H3. The Balaban J connectivity index is 1.92. The van der Waals surface area contributed by atoms with Gasteiger partial charge in [0.05, 0.1) is 18.2 Å². The Bertz CT molecular complexity index is 490. The summed E-state index contributed by atoms with van der Waals surface area (Å²) in [6.45, 7) is 0.392. The van der Waals surface area contributed by atoms with Gasteiger partial charge in [-0.3, -0.25) is 19.9 Å². The number of hydrogen-bond acceptors (Lipinski definition) is 4. The maximum Gasteiger partial charge on any atom is 0.261 e. The van der Waals surface area contributed by atoms with E-state index in [1.165, 1.54) is 12.0 Å². The van der Waals surface area contributed by atoms with Crippen LogP contribution in [0, 0.1) is 5.41 Å². The third-order valence-corrected chi connectivity index (χ3v) is 3.16. The van der Waals surface area contributed by atoms with Crippen molar-refractivity contribution in [2.24, 2.45) is 0 Å². The van der Waals surface area contributed by atoms with E-state index in [1.54, 1.807) is 24.3 Å². The number of fused-ring (bicyclic) bond motifs is 1. The molecule has 0 bridgehead atoms. The molecule has 5 heteroatoms. The minimum absolute atomic E-state index is 0.220. The molecule has 0 aliphatic carbocycles. The number of ether oxygens (including phenoxy) is 1. The molecule has 0 radical (unpaired) electrons. The quantitative estimate of drug-likeness (QED) is 0.381. The number of benzene rings is 1. The summed E-state index contributed by atoms with van der Waals surface area (Å²) < 4.78 is 4.75. The van der Waals surface area contributed by atoms with Crippen LogP contribution in [0.1, 0.15) is 40.0 Å². The predicted molar refractivity (Wildman–Crippen MR) is 70.4 cm³/mol. The monoisotopic (exact) mass is 260 g/mol. The Morgan fingerprint density at radius 3 is 2.26 bits per heavy atom. The van der Waals surface area contributed by atoms with Gasteiger partial charge in [-0.15, -0.1) is 0 Å². The average Bonchev–Trinajstić information content (AvgIpc) is 2.68. The largest absolute Gasteiger partial charge is 0.484 e. The maximum atomic E-state index is 12.0. The van der Waals surface area contributed by atoms with Crippen molar-refractivity contribution in [2.75, 3.05) is 13.7 Å². The van der Waals surface area contributed by atoms with Crippen molar-refractivity contribution in [3.8, 4) is 0 Å². The number of carbonyl (C=O) groups excluding carboxylic acids is 2. The van der Waals surface area contributed by atoms with Crippen molar-refractivity contribution in [1.82, 2.24) is 4.90 Å². The average molecular weight is 260 g/mol. The Labute approximate surface area is 111 Å². The van der Waals surface area contributed by atoms with Crippen LogP contribution in [0.5, 0.6) is 0 Å². The van der Waals surface area contributed by atoms with Crippen LogP contribution in [0.15, 0.2) is 24.3 Å². The zero-order valence-electron chi connectivity index (χ0n) is 10.8. The van der Waals surface area contributed by atoms with Crippen LogP contribution < -0.4 is 0 Å². The van der Waals surface area contributed by atoms with E-state index in [0.717, 1.165) is 6.42 Å². The highest BCUT2D eigenvalue weighted by Crippen LogP contribution is 2.22. The first kappa shape index (κ1) is 13.3. The topological polar surface area (TPSA) is 70.5 Å². The SMILES string of the molecule is COC(=N)CCCCN1C(=O)c2ccccc2C1=O. The zero-order chi connectivity index (χ0) is 13.8. The molecule has 2 amide bonds. The van der Waals surface area contributed by atoms with Crippen LogP contribution in [0.4, 0.5) is 0 Å².